The van der Waals surface area contributed by atoms with Crippen molar-refractivity contribution in [3.8, 4) is 16.5 Å². The SMILES string of the molecule is CC(C)Nc1cc(F)ccc1Cc1cnc(-c2nc3sc(CN4CCOCC4)cn3c(=O)c2O)s1. The summed E-state index contributed by atoms with van der Waals surface area (Å²) >= 11 is 2.79. The molecular weight excluding hydrogens is 489 g/mol. The van der Waals surface area contributed by atoms with Crippen LogP contribution in [-0.4, -0.2) is 56.7 Å². The summed E-state index contributed by atoms with van der Waals surface area (Å²) in [5, 5.41) is 14.4. The van der Waals surface area contributed by atoms with Crippen LogP contribution in [0, 0.1) is 5.82 Å². The van der Waals surface area contributed by atoms with Crippen molar-refractivity contribution in [1.82, 2.24) is 19.3 Å². The second-order valence-electron chi connectivity index (χ2n) is 8.76. The number of benzene rings is 1. The van der Waals surface area contributed by atoms with Crippen LogP contribution in [0.3, 0.4) is 0 Å². The van der Waals surface area contributed by atoms with Gasteiger partial charge < -0.3 is 15.2 Å². The second kappa shape index (κ2) is 10.0. The third kappa shape index (κ3) is 5.22. The molecule has 35 heavy (non-hydrogen) atoms. The average Bonchev–Trinajstić information content (AvgIpc) is 3.45. The molecule has 2 N–H and O–H groups in total. The number of thiazole rings is 2. The molecule has 1 aliphatic rings. The van der Waals surface area contributed by atoms with E-state index < -0.39 is 11.3 Å². The van der Waals surface area contributed by atoms with E-state index in [0.29, 0.717) is 36.1 Å². The van der Waals surface area contributed by atoms with E-state index in [1.807, 2.05) is 13.8 Å². The number of ether oxygens (including phenoxy) is 1. The molecule has 11 heteroatoms. The fraction of sp³-hybridized carbons (Fsp3) is 0.375. The van der Waals surface area contributed by atoms with Gasteiger partial charge in [0.2, 0.25) is 5.75 Å². The highest BCUT2D eigenvalue weighted by molar-refractivity contribution is 7.17. The van der Waals surface area contributed by atoms with Crippen molar-refractivity contribution >= 4 is 33.3 Å². The molecule has 0 radical (unpaired) electrons. The summed E-state index contributed by atoms with van der Waals surface area (Å²) in [5.41, 5.74) is 1.36. The molecule has 4 heterocycles. The van der Waals surface area contributed by atoms with Crippen LogP contribution in [0.4, 0.5) is 10.1 Å². The van der Waals surface area contributed by atoms with Gasteiger partial charge in [-0.2, -0.15) is 0 Å². The third-order valence-electron chi connectivity index (χ3n) is 5.67. The number of morpholine rings is 1. The zero-order valence-corrected chi connectivity index (χ0v) is 21.1. The standard InChI is InChI=1S/C24H26FN5O3S2/c1-14(2)27-19-10-16(25)4-3-15(19)9-17-11-26-22(34-17)20-21(31)23(32)30-13-18(35-24(30)28-20)12-29-5-7-33-8-6-29/h3-4,10-11,13-14,27,31H,5-9,12H2,1-2H3. The normalized spacial score (nSPS) is 14.7. The first-order valence-corrected chi connectivity index (χ1v) is 13.0. The van der Waals surface area contributed by atoms with E-state index in [2.05, 4.69) is 20.2 Å². The Balaban J connectivity index is 1.42. The summed E-state index contributed by atoms with van der Waals surface area (Å²) < 4.78 is 20.6. The van der Waals surface area contributed by atoms with E-state index >= 15 is 0 Å². The van der Waals surface area contributed by atoms with E-state index in [1.54, 1.807) is 18.5 Å². The Hall–Kier alpha value is -2.86. The molecule has 1 aromatic carbocycles. The zero-order chi connectivity index (χ0) is 24.5. The first-order chi connectivity index (χ1) is 16.9. The Morgan fingerprint density at radius 3 is 2.80 bits per heavy atom. The number of halogens is 1. The molecular formula is C24H26FN5O3S2. The smallest absolute Gasteiger partial charge is 0.301 e. The molecule has 8 nitrogen and oxygen atoms in total. The van der Waals surface area contributed by atoms with Gasteiger partial charge in [0.05, 0.1) is 13.2 Å². The Morgan fingerprint density at radius 2 is 2.03 bits per heavy atom. The molecule has 5 rings (SSSR count). The van der Waals surface area contributed by atoms with E-state index in [9.17, 15) is 14.3 Å². The van der Waals surface area contributed by atoms with Crippen LogP contribution in [0.25, 0.3) is 15.7 Å². The highest BCUT2D eigenvalue weighted by Gasteiger charge is 2.20. The quantitative estimate of drug-likeness (QED) is 0.385. The molecule has 1 aliphatic heterocycles. The average molecular weight is 516 g/mol. The van der Waals surface area contributed by atoms with Crippen molar-refractivity contribution in [3.05, 3.63) is 62.1 Å². The van der Waals surface area contributed by atoms with E-state index in [1.165, 1.54) is 39.2 Å². The van der Waals surface area contributed by atoms with Crippen molar-refractivity contribution in [3.63, 3.8) is 0 Å². The summed E-state index contributed by atoms with van der Waals surface area (Å²) in [7, 11) is 0. The van der Waals surface area contributed by atoms with Gasteiger partial charge in [-0.25, -0.2) is 14.4 Å². The van der Waals surface area contributed by atoms with Gasteiger partial charge in [-0.1, -0.05) is 17.4 Å². The molecule has 1 fully saturated rings. The molecule has 0 spiro atoms. The second-order valence-corrected chi connectivity index (χ2v) is 11.0. The van der Waals surface area contributed by atoms with Gasteiger partial charge in [-0.3, -0.25) is 14.1 Å². The number of aromatic hydroxyl groups is 1. The predicted molar refractivity (Wildman–Crippen MR) is 136 cm³/mol. The number of fused-ring (bicyclic) bond motifs is 1. The largest absolute Gasteiger partial charge is 0.501 e. The van der Waals surface area contributed by atoms with Crippen LogP contribution < -0.4 is 10.9 Å². The van der Waals surface area contributed by atoms with Crippen LogP contribution in [0.2, 0.25) is 0 Å². The van der Waals surface area contributed by atoms with Crippen molar-refractivity contribution in [2.45, 2.75) is 32.9 Å². The van der Waals surface area contributed by atoms with Gasteiger partial charge >= 0.3 is 5.56 Å². The molecule has 0 atom stereocenters. The van der Waals surface area contributed by atoms with Crippen LogP contribution in [0.15, 0.2) is 35.4 Å². The number of rotatable bonds is 7. The Bertz CT molecular complexity index is 1410. The predicted octanol–water partition coefficient (Wildman–Crippen LogP) is 3.97. The lowest BCUT2D eigenvalue weighted by Gasteiger charge is -2.25. The van der Waals surface area contributed by atoms with Gasteiger partial charge in [-0.15, -0.1) is 11.3 Å². The summed E-state index contributed by atoms with van der Waals surface area (Å²) in [6, 6.07) is 4.85. The topological polar surface area (TPSA) is 92.0 Å². The number of hydrogen-bond donors (Lipinski definition) is 2. The lowest BCUT2D eigenvalue weighted by atomic mass is 10.1. The highest BCUT2D eigenvalue weighted by atomic mass is 32.1. The number of nitrogens with one attached hydrogen (secondary N) is 1. The van der Waals surface area contributed by atoms with Crippen LogP contribution in [0.1, 0.15) is 29.2 Å². The monoisotopic (exact) mass is 515 g/mol. The van der Waals surface area contributed by atoms with Crippen molar-refractivity contribution in [2.75, 3.05) is 31.6 Å². The summed E-state index contributed by atoms with van der Waals surface area (Å²) in [4.78, 5) is 26.6. The maximum Gasteiger partial charge on any atom is 0.301 e. The molecule has 0 aliphatic carbocycles. The highest BCUT2D eigenvalue weighted by Crippen LogP contribution is 2.32. The molecule has 1 saturated heterocycles. The first kappa shape index (κ1) is 23.9. The minimum absolute atomic E-state index is 0.160. The van der Waals surface area contributed by atoms with Crippen LogP contribution in [0.5, 0.6) is 5.75 Å². The summed E-state index contributed by atoms with van der Waals surface area (Å²) in [5.74, 6) is -0.711. The van der Waals surface area contributed by atoms with E-state index in [0.717, 1.165) is 34.1 Å². The third-order valence-corrected chi connectivity index (χ3v) is 7.65. The van der Waals surface area contributed by atoms with Gasteiger partial charge in [0, 0.05) is 59.9 Å². The molecule has 4 aromatic rings. The first-order valence-electron chi connectivity index (χ1n) is 11.4. The Kier molecular flexibility index (Phi) is 6.83. The van der Waals surface area contributed by atoms with Crippen LogP contribution in [-0.2, 0) is 17.7 Å². The van der Waals surface area contributed by atoms with Gasteiger partial charge in [0.25, 0.3) is 0 Å². The fourth-order valence-corrected chi connectivity index (χ4v) is 5.95. The molecule has 0 amide bonds. The number of hydrogen-bond acceptors (Lipinski definition) is 9. The van der Waals surface area contributed by atoms with Crippen LogP contribution >= 0.6 is 22.7 Å². The maximum atomic E-state index is 13.8. The minimum Gasteiger partial charge on any atom is -0.501 e. The number of aromatic nitrogens is 3. The number of anilines is 1. The number of nitrogens with zero attached hydrogens (tertiary/aromatic N) is 4. The Labute approximate surface area is 209 Å². The molecule has 0 saturated carbocycles. The lowest BCUT2D eigenvalue weighted by Crippen LogP contribution is -2.35. The summed E-state index contributed by atoms with van der Waals surface area (Å²) in [6.07, 6.45) is 4.00. The van der Waals surface area contributed by atoms with Crippen molar-refractivity contribution in [2.24, 2.45) is 0 Å². The fourth-order valence-electron chi connectivity index (χ4n) is 4.01. The van der Waals surface area contributed by atoms with Gasteiger partial charge in [0.1, 0.15) is 16.5 Å². The van der Waals surface area contributed by atoms with Gasteiger partial charge in [0.15, 0.2) is 4.96 Å². The van der Waals surface area contributed by atoms with E-state index in [-0.39, 0.29) is 17.6 Å². The zero-order valence-electron chi connectivity index (χ0n) is 19.5. The summed E-state index contributed by atoms with van der Waals surface area (Å²) in [6.45, 7) is 7.80. The Morgan fingerprint density at radius 1 is 1.23 bits per heavy atom. The maximum absolute atomic E-state index is 13.8. The molecule has 0 unspecified atom stereocenters. The minimum atomic E-state index is -0.506. The molecule has 0 bridgehead atoms. The van der Waals surface area contributed by atoms with Crippen molar-refractivity contribution < 1.29 is 14.2 Å². The van der Waals surface area contributed by atoms with Crippen molar-refractivity contribution in [1.29, 1.82) is 0 Å². The van der Waals surface area contributed by atoms with E-state index in [4.69, 9.17) is 4.74 Å². The lowest BCUT2D eigenvalue weighted by molar-refractivity contribution is 0.0346. The molecule has 3 aromatic heterocycles. The van der Waals surface area contributed by atoms with Gasteiger partial charge in [-0.05, 0) is 31.5 Å². The molecule has 184 valence electrons.